The van der Waals surface area contributed by atoms with Crippen molar-refractivity contribution in [3.63, 3.8) is 0 Å². The first kappa shape index (κ1) is 12.1. The number of halogens is 1. The molecule has 94 valence electrons. The van der Waals surface area contributed by atoms with E-state index >= 15 is 0 Å². The highest BCUT2D eigenvalue weighted by atomic mass is 19.1. The van der Waals surface area contributed by atoms with Crippen LogP contribution < -0.4 is 4.74 Å². The van der Waals surface area contributed by atoms with Gasteiger partial charge in [0.2, 0.25) is 0 Å². The van der Waals surface area contributed by atoms with Gasteiger partial charge in [-0.25, -0.2) is 9.18 Å². The fourth-order valence-electron chi connectivity index (χ4n) is 1.51. The van der Waals surface area contributed by atoms with Crippen molar-refractivity contribution in [2.24, 2.45) is 7.05 Å². The zero-order valence-corrected chi connectivity index (χ0v) is 9.63. The second kappa shape index (κ2) is 4.87. The summed E-state index contributed by atoms with van der Waals surface area (Å²) in [6.45, 7) is 0.0492. The Morgan fingerprint density at radius 2 is 2.33 bits per heavy atom. The van der Waals surface area contributed by atoms with Gasteiger partial charge in [0.25, 0.3) is 0 Å². The number of hydrogen-bond donors (Lipinski definition) is 1. The Bertz CT molecular complexity index is 580. The Kier molecular flexibility index (Phi) is 3.27. The molecular weight excluding hydrogens is 239 g/mol. The van der Waals surface area contributed by atoms with Crippen LogP contribution in [0.25, 0.3) is 0 Å². The van der Waals surface area contributed by atoms with Crippen LogP contribution in [0.2, 0.25) is 0 Å². The van der Waals surface area contributed by atoms with Gasteiger partial charge in [0, 0.05) is 12.6 Å². The molecule has 18 heavy (non-hydrogen) atoms. The number of ether oxygens (including phenoxy) is 1. The fraction of sp³-hybridized carbons (Fsp3) is 0.167. The minimum Gasteiger partial charge on any atom is -0.486 e. The molecule has 0 amide bonds. The molecule has 1 aromatic carbocycles. The third-order valence-corrected chi connectivity index (χ3v) is 2.38. The van der Waals surface area contributed by atoms with Crippen LogP contribution in [-0.2, 0) is 13.7 Å². The van der Waals surface area contributed by atoms with E-state index in [1.165, 1.54) is 18.3 Å². The minimum atomic E-state index is -1.18. The summed E-state index contributed by atoms with van der Waals surface area (Å²) in [7, 11) is 1.74. The predicted octanol–water partition coefficient (Wildman–Crippen LogP) is 1.84. The maximum absolute atomic E-state index is 13.0. The minimum absolute atomic E-state index is 0.0492. The fourth-order valence-corrected chi connectivity index (χ4v) is 1.51. The molecule has 6 heteroatoms. The lowest BCUT2D eigenvalue weighted by molar-refractivity contribution is 0.0693. The molecule has 0 fully saturated rings. The van der Waals surface area contributed by atoms with Crippen molar-refractivity contribution in [1.82, 2.24) is 9.78 Å². The second-order valence-corrected chi connectivity index (χ2v) is 3.75. The van der Waals surface area contributed by atoms with Crippen molar-refractivity contribution in [3.8, 4) is 5.75 Å². The quantitative estimate of drug-likeness (QED) is 0.899. The lowest BCUT2D eigenvalue weighted by atomic mass is 10.1. The van der Waals surface area contributed by atoms with Crippen molar-refractivity contribution < 1.29 is 19.0 Å². The first-order valence-corrected chi connectivity index (χ1v) is 5.19. The summed E-state index contributed by atoms with van der Waals surface area (Å²) in [5, 5.41) is 12.9. The van der Waals surface area contributed by atoms with Crippen LogP contribution in [0, 0.1) is 5.82 Å². The molecule has 2 rings (SSSR count). The number of carbonyl (C=O) groups is 1. The van der Waals surface area contributed by atoms with Crippen LogP contribution in [0.5, 0.6) is 5.75 Å². The third kappa shape index (κ3) is 2.65. The molecule has 0 spiro atoms. The van der Waals surface area contributed by atoms with Gasteiger partial charge in [0.15, 0.2) is 5.75 Å². The SMILES string of the molecule is Cn1cc(OCc2ccc(F)cc2C(=O)O)cn1. The van der Waals surface area contributed by atoms with E-state index in [-0.39, 0.29) is 12.2 Å². The summed E-state index contributed by atoms with van der Waals surface area (Å²) < 4.78 is 19.9. The van der Waals surface area contributed by atoms with Crippen molar-refractivity contribution in [3.05, 3.63) is 47.5 Å². The summed E-state index contributed by atoms with van der Waals surface area (Å²) in [5.41, 5.74) is 0.312. The third-order valence-electron chi connectivity index (χ3n) is 2.38. The topological polar surface area (TPSA) is 64.3 Å². The van der Waals surface area contributed by atoms with Gasteiger partial charge >= 0.3 is 5.97 Å². The highest BCUT2D eigenvalue weighted by Gasteiger charge is 2.12. The molecule has 2 aromatic rings. The molecular formula is C12H11FN2O3. The van der Waals surface area contributed by atoms with E-state index in [4.69, 9.17) is 9.84 Å². The van der Waals surface area contributed by atoms with Crippen LogP contribution >= 0.6 is 0 Å². The Morgan fingerprint density at radius 1 is 1.56 bits per heavy atom. The van der Waals surface area contributed by atoms with E-state index in [1.54, 1.807) is 17.9 Å². The van der Waals surface area contributed by atoms with Crippen LogP contribution in [0.3, 0.4) is 0 Å². The smallest absolute Gasteiger partial charge is 0.336 e. The lowest BCUT2D eigenvalue weighted by Crippen LogP contribution is -2.06. The average molecular weight is 250 g/mol. The normalized spacial score (nSPS) is 10.3. The van der Waals surface area contributed by atoms with Crippen LogP contribution in [0.15, 0.2) is 30.6 Å². The zero-order chi connectivity index (χ0) is 13.1. The number of carboxylic acids is 1. The van der Waals surface area contributed by atoms with Crippen molar-refractivity contribution >= 4 is 5.97 Å². The van der Waals surface area contributed by atoms with Crippen molar-refractivity contribution in [2.75, 3.05) is 0 Å². The van der Waals surface area contributed by atoms with E-state index in [9.17, 15) is 9.18 Å². The van der Waals surface area contributed by atoms with Gasteiger partial charge in [-0.2, -0.15) is 5.10 Å². The van der Waals surface area contributed by atoms with E-state index in [0.717, 1.165) is 6.07 Å². The second-order valence-electron chi connectivity index (χ2n) is 3.75. The Labute approximate surface area is 102 Å². The molecule has 0 atom stereocenters. The molecule has 0 saturated carbocycles. The van der Waals surface area contributed by atoms with E-state index in [1.807, 2.05) is 0 Å². The Hall–Kier alpha value is -2.37. The molecule has 1 heterocycles. The summed E-state index contributed by atoms with van der Waals surface area (Å²) in [6.07, 6.45) is 3.17. The van der Waals surface area contributed by atoms with Gasteiger partial charge in [0.1, 0.15) is 12.4 Å². The molecule has 0 aliphatic heterocycles. The van der Waals surface area contributed by atoms with Gasteiger partial charge in [-0.15, -0.1) is 0 Å². The number of nitrogens with zero attached hydrogens (tertiary/aromatic N) is 2. The van der Waals surface area contributed by atoms with Crippen molar-refractivity contribution in [2.45, 2.75) is 6.61 Å². The molecule has 0 radical (unpaired) electrons. The Morgan fingerprint density at radius 3 is 2.94 bits per heavy atom. The zero-order valence-electron chi connectivity index (χ0n) is 9.63. The maximum atomic E-state index is 13.0. The monoisotopic (exact) mass is 250 g/mol. The highest BCUT2D eigenvalue weighted by Crippen LogP contribution is 2.15. The van der Waals surface area contributed by atoms with Crippen molar-refractivity contribution in [1.29, 1.82) is 0 Å². The van der Waals surface area contributed by atoms with Crippen LogP contribution in [-0.4, -0.2) is 20.9 Å². The first-order chi connectivity index (χ1) is 8.56. The molecule has 1 aromatic heterocycles. The van der Waals surface area contributed by atoms with E-state index < -0.39 is 11.8 Å². The molecule has 0 aliphatic rings. The predicted molar refractivity (Wildman–Crippen MR) is 60.9 cm³/mol. The summed E-state index contributed by atoms with van der Waals surface area (Å²) in [5.74, 6) is -1.24. The standard InChI is InChI=1S/C12H11FN2O3/c1-15-6-10(5-14-15)18-7-8-2-3-9(13)4-11(8)12(16)17/h2-6H,7H2,1H3,(H,16,17). The van der Waals surface area contributed by atoms with E-state index in [0.29, 0.717) is 11.3 Å². The number of aromatic carboxylic acids is 1. The average Bonchev–Trinajstić information content (AvgIpc) is 2.73. The molecule has 0 saturated heterocycles. The van der Waals surface area contributed by atoms with Gasteiger partial charge in [-0.3, -0.25) is 4.68 Å². The Balaban J connectivity index is 2.16. The van der Waals surface area contributed by atoms with E-state index in [2.05, 4.69) is 5.10 Å². The van der Waals surface area contributed by atoms with Gasteiger partial charge in [-0.05, 0) is 12.1 Å². The number of aromatic nitrogens is 2. The van der Waals surface area contributed by atoms with Gasteiger partial charge < -0.3 is 9.84 Å². The number of benzene rings is 1. The number of rotatable bonds is 4. The maximum Gasteiger partial charge on any atom is 0.336 e. The highest BCUT2D eigenvalue weighted by molar-refractivity contribution is 5.89. The summed E-state index contributed by atoms with van der Waals surface area (Å²) >= 11 is 0. The van der Waals surface area contributed by atoms with Crippen LogP contribution in [0.4, 0.5) is 4.39 Å². The van der Waals surface area contributed by atoms with Gasteiger partial charge in [0.05, 0.1) is 18.0 Å². The lowest BCUT2D eigenvalue weighted by Gasteiger charge is -2.07. The van der Waals surface area contributed by atoms with Crippen LogP contribution in [0.1, 0.15) is 15.9 Å². The van der Waals surface area contributed by atoms with Gasteiger partial charge in [-0.1, -0.05) is 6.07 Å². The summed E-state index contributed by atoms with van der Waals surface area (Å²) in [6, 6.07) is 3.58. The summed E-state index contributed by atoms with van der Waals surface area (Å²) in [4.78, 5) is 11.0. The molecule has 0 unspecified atom stereocenters. The molecule has 0 aliphatic carbocycles. The number of hydrogen-bond acceptors (Lipinski definition) is 3. The molecule has 1 N–H and O–H groups in total. The largest absolute Gasteiger partial charge is 0.486 e. The first-order valence-electron chi connectivity index (χ1n) is 5.19. The number of aryl methyl sites for hydroxylation is 1. The number of carboxylic acid groups (broad SMARTS) is 1. The molecule has 0 bridgehead atoms. The molecule has 5 nitrogen and oxygen atoms in total.